The van der Waals surface area contributed by atoms with Crippen molar-refractivity contribution < 1.29 is 4.79 Å². The van der Waals surface area contributed by atoms with Crippen LogP contribution in [0.4, 0.5) is 0 Å². The van der Waals surface area contributed by atoms with E-state index in [2.05, 4.69) is 27.4 Å². The maximum absolute atomic E-state index is 12.7. The molecule has 0 N–H and O–H groups in total. The SMILES string of the molecule is CCn1cc(C(=O)c2ccc(Cl)cc2)c2cc(Br)ccc21. The number of nitrogens with zero attached hydrogens (tertiary/aromatic N) is 1. The minimum atomic E-state index is 0.0157. The highest BCUT2D eigenvalue weighted by Crippen LogP contribution is 2.27. The fourth-order valence-corrected chi connectivity index (χ4v) is 2.96. The quantitative estimate of drug-likeness (QED) is 0.579. The largest absolute Gasteiger partial charge is 0.347 e. The lowest BCUT2D eigenvalue weighted by atomic mass is 10.0. The van der Waals surface area contributed by atoms with Crippen LogP contribution >= 0.6 is 27.5 Å². The maximum Gasteiger partial charge on any atom is 0.195 e. The number of hydrogen-bond donors (Lipinski definition) is 0. The third kappa shape index (κ3) is 2.63. The average molecular weight is 363 g/mol. The van der Waals surface area contributed by atoms with Gasteiger partial charge in [0, 0.05) is 44.3 Å². The smallest absolute Gasteiger partial charge is 0.195 e. The predicted octanol–water partition coefficient (Wildman–Crippen LogP) is 5.31. The predicted molar refractivity (Wildman–Crippen MR) is 90.2 cm³/mol. The summed E-state index contributed by atoms with van der Waals surface area (Å²) in [7, 11) is 0. The average Bonchev–Trinajstić information content (AvgIpc) is 2.85. The first-order valence-corrected chi connectivity index (χ1v) is 7.86. The summed E-state index contributed by atoms with van der Waals surface area (Å²) in [5, 5.41) is 1.59. The van der Waals surface area contributed by atoms with Crippen molar-refractivity contribution in [3.8, 4) is 0 Å². The van der Waals surface area contributed by atoms with Crippen LogP contribution < -0.4 is 0 Å². The van der Waals surface area contributed by atoms with E-state index in [0.29, 0.717) is 10.6 Å². The molecule has 2 aromatic carbocycles. The van der Waals surface area contributed by atoms with Crippen LogP contribution in [-0.4, -0.2) is 10.4 Å². The van der Waals surface area contributed by atoms with Crippen LogP contribution in [0.15, 0.2) is 53.1 Å². The number of carbonyl (C=O) groups is 1. The van der Waals surface area contributed by atoms with Gasteiger partial charge in [-0.25, -0.2) is 0 Å². The standard InChI is InChI=1S/C17H13BrClNO/c1-2-20-10-15(14-9-12(18)5-8-16(14)20)17(21)11-3-6-13(19)7-4-11/h3-10H,2H2,1H3. The molecular formula is C17H13BrClNO. The first-order chi connectivity index (χ1) is 10.1. The maximum atomic E-state index is 12.7. The number of fused-ring (bicyclic) bond motifs is 1. The number of benzene rings is 2. The highest BCUT2D eigenvalue weighted by atomic mass is 79.9. The van der Waals surface area contributed by atoms with Gasteiger partial charge in [0.1, 0.15) is 0 Å². The second kappa shape index (κ2) is 5.66. The minimum Gasteiger partial charge on any atom is -0.347 e. The van der Waals surface area contributed by atoms with Crippen molar-refractivity contribution in [2.75, 3.05) is 0 Å². The molecular weight excluding hydrogens is 350 g/mol. The lowest BCUT2D eigenvalue weighted by Crippen LogP contribution is -2.00. The van der Waals surface area contributed by atoms with Crippen molar-refractivity contribution in [3.05, 3.63) is 69.3 Å². The van der Waals surface area contributed by atoms with Gasteiger partial charge in [-0.15, -0.1) is 0 Å². The van der Waals surface area contributed by atoms with E-state index in [9.17, 15) is 4.79 Å². The second-order valence-corrected chi connectivity index (χ2v) is 6.18. The van der Waals surface area contributed by atoms with Gasteiger partial charge < -0.3 is 4.57 Å². The molecule has 0 radical (unpaired) electrons. The fourth-order valence-electron chi connectivity index (χ4n) is 2.47. The lowest BCUT2D eigenvalue weighted by molar-refractivity contribution is 0.104. The molecule has 0 unspecified atom stereocenters. The molecule has 0 bridgehead atoms. The van der Waals surface area contributed by atoms with Gasteiger partial charge in [-0.1, -0.05) is 27.5 Å². The Morgan fingerprint density at radius 2 is 1.90 bits per heavy atom. The summed E-state index contributed by atoms with van der Waals surface area (Å²) in [6, 6.07) is 13.0. The summed E-state index contributed by atoms with van der Waals surface area (Å²) < 4.78 is 3.05. The van der Waals surface area contributed by atoms with Crippen LogP contribution in [0, 0.1) is 0 Å². The molecule has 3 rings (SSSR count). The van der Waals surface area contributed by atoms with Gasteiger partial charge in [-0.2, -0.15) is 0 Å². The van der Waals surface area contributed by atoms with E-state index in [0.717, 1.165) is 27.5 Å². The van der Waals surface area contributed by atoms with Gasteiger partial charge in [-0.05, 0) is 49.4 Å². The fraction of sp³-hybridized carbons (Fsp3) is 0.118. The number of aromatic nitrogens is 1. The van der Waals surface area contributed by atoms with Crippen molar-refractivity contribution in [1.29, 1.82) is 0 Å². The van der Waals surface area contributed by atoms with Gasteiger partial charge in [-0.3, -0.25) is 4.79 Å². The van der Waals surface area contributed by atoms with E-state index in [4.69, 9.17) is 11.6 Å². The zero-order valence-electron chi connectivity index (χ0n) is 11.4. The third-order valence-corrected chi connectivity index (χ3v) is 4.28. The number of carbonyl (C=O) groups excluding carboxylic acids is 1. The second-order valence-electron chi connectivity index (χ2n) is 4.83. The zero-order chi connectivity index (χ0) is 15.0. The van der Waals surface area contributed by atoms with Crippen molar-refractivity contribution in [2.24, 2.45) is 0 Å². The van der Waals surface area contributed by atoms with Gasteiger partial charge in [0.05, 0.1) is 0 Å². The molecule has 2 nitrogen and oxygen atoms in total. The van der Waals surface area contributed by atoms with Crippen molar-refractivity contribution in [3.63, 3.8) is 0 Å². The first kappa shape index (κ1) is 14.4. The molecule has 4 heteroatoms. The van der Waals surface area contributed by atoms with Crippen LogP contribution in [0.25, 0.3) is 10.9 Å². The van der Waals surface area contributed by atoms with E-state index in [1.165, 1.54) is 0 Å². The Balaban J connectivity index is 2.17. The van der Waals surface area contributed by atoms with E-state index in [-0.39, 0.29) is 5.78 Å². The normalized spacial score (nSPS) is 11.0. The molecule has 106 valence electrons. The Bertz CT molecular complexity index is 821. The van der Waals surface area contributed by atoms with Crippen LogP contribution in [0.1, 0.15) is 22.8 Å². The first-order valence-electron chi connectivity index (χ1n) is 6.69. The molecule has 0 aliphatic heterocycles. The molecule has 0 saturated heterocycles. The molecule has 3 aromatic rings. The highest BCUT2D eigenvalue weighted by molar-refractivity contribution is 9.10. The van der Waals surface area contributed by atoms with Gasteiger partial charge in [0.2, 0.25) is 0 Å². The number of aryl methyl sites for hydroxylation is 1. The molecule has 0 atom stereocenters. The van der Waals surface area contributed by atoms with Crippen LogP contribution in [-0.2, 0) is 6.54 Å². The van der Waals surface area contributed by atoms with E-state index in [1.807, 2.05) is 24.4 Å². The van der Waals surface area contributed by atoms with Crippen LogP contribution in [0.3, 0.4) is 0 Å². The summed E-state index contributed by atoms with van der Waals surface area (Å²) in [5.41, 5.74) is 2.43. The molecule has 0 amide bonds. The van der Waals surface area contributed by atoms with E-state index < -0.39 is 0 Å². The van der Waals surface area contributed by atoms with Gasteiger partial charge in [0.15, 0.2) is 5.78 Å². The highest BCUT2D eigenvalue weighted by Gasteiger charge is 2.16. The number of ketones is 1. The molecule has 0 spiro atoms. The van der Waals surface area contributed by atoms with Crippen LogP contribution in [0.5, 0.6) is 0 Å². The Kier molecular flexibility index (Phi) is 3.87. The lowest BCUT2D eigenvalue weighted by Gasteiger charge is -2.00. The summed E-state index contributed by atoms with van der Waals surface area (Å²) in [6.07, 6.45) is 1.92. The summed E-state index contributed by atoms with van der Waals surface area (Å²) in [5.74, 6) is 0.0157. The molecule has 0 fully saturated rings. The van der Waals surface area contributed by atoms with Gasteiger partial charge >= 0.3 is 0 Å². The Morgan fingerprint density at radius 3 is 2.57 bits per heavy atom. The van der Waals surface area contributed by atoms with E-state index >= 15 is 0 Å². The van der Waals surface area contributed by atoms with Gasteiger partial charge in [0.25, 0.3) is 0 Å². The molecule has 0 aliphatic carbocycles. The monoisotopic (exact) mass is 361 g/mol. The third-order valence-electron chi connectivity index (χ3n) is 3.53. The molecule has 1 heterocycles. The Morgan fingerprint density at radius 1 is 1.19 bits per heavy atom. The minimum absolute atomic E-state index is 0.0157. The molecule has 0 aliphatic rings. The topological polar surface area (TPSA) is 22.0 Å². The summed E-state index contributed by atoms with van der Waals surface area (Å²) in [6.45, 7) is 2.89. The molecule has 1 aromatic heterocycles. The summed E-state index contributed by atoms with van der Waals surface area (Å²) >= 11 is 9.36. The number of halogens is 2. The van der Waals surface area contributed by atoms with E-state index in [1.54, 1.807) is 24.3 Å². The van der Waals surface area contributed by atoms with Crippen molar-refractivity contribution in [1.82, 2.24) is 4.57 Å². The zero-order valence-corrected chi connectivity index (χ0v) is 13.8. The summed E-state index contributed by atoms with van der Waals surface area (Å²) in [4.78, 5) is 12.7. The Hall–Kier alpha value is -1.58. The molecule has 0 saturated carbocycles. The number of hydrogen-bond acceptors (Lipinski definition) is 1. The molecule has 21 heavy (non-hydrogen) atoms. The van der Waals surface area contributed by atoms with Crippen molar-refractivity contribution in [2.45, 2.75) is 13.5 Å². The van der Waals surface area contributed by atoms with Crippen LogP contribution in [0.2, 0.25) is 5.02 Å². The van der Waals surface area contributed by atoms with Crippen molar-refractivity contribution >= 4 is 44.2 Å². The number of rotatable bonds is 3. The Labute approximate surface area is 136 Å².